The number of nitrogens with zero attached hydrogens (tertiary/aromatic N) is 2. The van der Waals surface area contributed by atoms with Gasteiger partial charge in [-0.15, -0.1) is 11.3 Å². The standard InChI is InChI=1S/C18H26N2O6S/c1-11(21)25-13-8-9-20(17(23)26-18(2,3)4)15(13)16-19-10-12(27-16)6-7-14(22)24-5/h10,13,15H,6-9H2,1-5H3/t13-,15-/m0/s1. The van der Waals surface area contributed by atoms with E-state index in [1.54, 1.807) is 31.9 Å². The van der Waals surface area contributed by atoms with Crippen LogP contribution in [-0.4, -0.2) is 53.3 Å². The molecule has 1 fully saturated rings. The van der Waals surface area contributed by atoms with Crippen LogP contribution in [0.1, 0.15) is 56.5 Å². The highest BCUT2D eigenvalue weighted by Crippen LogP contribution is 2.37. The Bertz CT molecular complexity index is 696. The van der Waals surface area contributed by atoms with Crippen molar-refractivity contribution >= 4 is 29.4 Å². The number of likely N-dealkylation sites (tertiary alicyclic amines) is 1. The van der Waals surface area contributed by atoms with Crippen LogP contribution in [0, 0.1) is 0 Å². The molecule has 0 aliphatic carbocycles. The van der Waals surface area contributed by atoms with Crippen molar-refractivity contribution in [3.05, 3.63) is 16.1 Å². The molecular formula is C18H26N2O6S. The van der Waals surface area contributed by atoms with Gasteiger partial charge in [-0.25, -0.2) is 9.78 Å². The fourth-order valence-electron chi connectivity index (χ4n) is 2.82. The summed E-state index contributed by atoms with van der Waals surface area (Å²) in [6.07, 6.45) is 2.01. The van der Waals surface area contributed by atoms with Crippen molar-refractivity contribution in [1.82, 2.24) is 9.88 Å². The minimum Gasteiger partial charge on any atom is -0.469 e. The molecule has 1 aromatic heterocycles. The summed E-state index contributed by atoms with van der Waals surface area (Å²) in [6, 6.07) is -0.499. The van der Waals surface area contributed by atoms with Gasteiger partial charge in [-0.2, -0.15) is 0 Å². The van der Waals surface area contributed by atoms with E-state index >= 15 is 0 Å². The summed E-state index contributed by atoms with van der Waals surface area (Å²) in [7, 11) is 1.35. The maximum atomic E-state index is 12.6. The van der Waals surface area contributed by atoms with Crippen LogP contribution >= 0.6 is 11.3 Å². The Morgan fingerprint density at radius 1 is 1.33 bits per heavy atom. The van der Waals surface area contributed by atoms with Crippen molar-refractivity contribution in [1.29, 1.82) is 0 Å². The maximum absolute atomic E-state index is 12.6. The maximum Gasteiger partial charge on any atom is 0.411 e. The van der Waals surface area contributed by atoms with Crippen molar-refractivity contribution in [2.24, 2.45) is 0 Å². The van der Waals surface area contributed by atoms with Crippen molar-refractivity contribution in [2.45, 2.75) is 64.7 Å². The van der Waals surface area contributed by atoms with Crippen LogP contribution in [0.15, 0.2) is 6.20 Å². The van der Waals surface area contributed by atoms with Gasteiger partial charge in [0.1, 0.15) is 22.8 Å². The molecule has 1 aromatic rings. The van der Waals surface area contributed by atoms with E-state index in [-0.39, 0.29) is 12.4 Å². The number of thiazole rings is 1. The molecule has 0 spiro atoms. The number of ether oxygens (including phenoxy) is 3. The summed E-state index contributed by atoms with van der Waals surface area (Å²) in [5.74, 6) is -0.697. The van der Waals surface area contributed by atoms with Crippen molar-refractivity contribution in [3.8, 4) is 0 Å². The zero-order chi connectivity index (χ0) is 20.2. The number of carbonyl (C=O) groups is 3. The number of aryl methyl sites for hydroxylation is 1. The molecule has 0 radical (unpaired) electrons. The molecule has 1 amide bonds. The van der Waals surface area contributed by atoms with E-state index in [0.29, 0.717) is 24.4 Å². The average molecular weight is 398 g/mol. The first kappa shape index (κ1) is 21.1. The number of carbonyl (C=O) groups excluding carboxylic acids is 3. The molecule has 0 bridgehead atoms. The van der Waals surface area contributed by atoms with Gasteiger partial charge in [0.05, 0.1) is 13.5 Å². The third-order valence-electron chi connectivity index (χ3n) is 3.92. The summed E-state index contributed by atoms with van der Waals surface area (Å²) in [6.45, 7) is 7.15. The smallest absolute Gasteiger partial charge is 0.411 e. The van der Waals surface area contributed by atoms with E-state index in [1.807, 2.05) is 0 Å². The summed E-state index contributed by atoms with van der Waals surface area (Å²) in [4.78, 5) is 42.3. The molecule has 2 rings (SSSR count). The summed E-state index contributed by atoms with van der Waals surface area (Å²) in [5.41, 5.74) is -0.629. The van der Waals surface area contributed by atoms with Gasteiger partial charge in [0.15, 0.2) is 0 Å². The van der Waals surface area contributed by atoms with Crippen molar-refractivity contribution in [2.75, 3.05) is 13.7 Å². The first-order chi connectivity index (χ1) is 12.6. The van der Waals surface area contributed by atoms with E-state index in [2.05, 4.69) is 9.72 Å². The van der Waals surface area contributed by atoms with Gasteiger partial charge in [-0.3, -0.25) is 14.5 Å². The van der Waals surface area contributed by atoms with Gasteiger partial charge in [-0.1, -0.05) is 0 Å². The molecule has 0 N–H and O–H groups in total. The molecule has 0 saturated carbocycles. The molecule has 1 saturated heterocycles. The highest BCUT2D eigenvalue weighted by Gasteiger charge is 2.43. The predicted molar refractivity (Wildman–Crippen MR) is 98.3 cm³/mol. The summed E-state index contributed by atoms with van der Waals surface area (Å²) < 4.78 is 15.6. The number of amides is 1. The molecule has 2 heterocycles. The number of methoxy groups -OCH3 is 1. The molecule has 150 valence electrons. The Morgan fingerprint density at radius 2 is 2.04 bits per heavy atom. The van der Waals surface area contributed by atoms with Crippen LogP contribution in [0.4, 0.5) is 4.79 Å². The second-order valence-electron chi connectivity index (χ2n) is 7.30. The van der Waals surface area contributed by atoms with Crippen LogP contribution in [0.25, 0.3) is 0 Å². The Kier molecular flexibility index (Phi) is 6.80. The number of esters is 2. The van der Waals surface area contributed by atoms with Gasteiger partial charge in [0.25, 0.3) is 0 Å². The van der Waals surface area contributed by atoms with Gasteiger partial charge < -0.3 is 14.2 Å². The second kappa shape index (κ2) is 8.69. The van der Waals surface area contributed by atoms with E-state index < -0.39 is 29.8 Å². The SMILES string of the molecule is COC(=O)CCc1cnc([C@@H]2[C@@H](OC(C)=O)CCN2C(=O)OC(C)(C)C)s1. The Labute approximate surface area is 162 Å². The van der Waals surface area contributed by atoms with E-state index in [4.69, 9.17) is 9.47 Å². The molecule has 2 atom stereocenters. The highest BCUT2D eigenvalue weighted by molar-refractivity contribution is 7.11. The number of rotatable bonds is 5. The molecular weight excluding hydrogens is 372 g/mol. The topological polar surface area (TPSA) is 95.0 Å². The molecule has 0 aromatic carbocycles. The second-order valence-corrected chi connectivity index (χ2v) is 8.44. The lowest BCUT2D eigenvalue weighted by Gasteiger charge is -2.29. The third kappa shape index (κ3) is 5.92. The molecule has 9 heteroatoms. The Balaban J connectivity index is 2.20. The fraction of sp³-hybridized carbons (Fsp3) is 0.667. The third-order valence-corrected chi connectivity index (χ3v) is 5.04. The first-order valence-corrected chi connectivity index (χ1v) is 9.60. The minimum atomic E-state index is -0.629. The van der Waals surface area contributed by atoms with E-state index in [0.717, 1.165) is 4.88 Å². The highest BCUT2D eigenvalue weighted by atomic mass is 32.1. The van der Waals surface area contributed by atoms with Gasteiger partial charge >= 0.3 is 18.0 Å². The van der Waals surface area contributed by atoms with Crippen LogP contribution < -0.4 is 0 Å². The molecule has 8 nitrogen and oxygen atoms in total. The quantitative estimate of drug-likeness (QED) is 0.556. The zero-order valence-electron chi connectivity index (χ0n) is 16.3. The number of hydrogen-bond donors (Lipinski definition) is 0. The van der Waals surface area contributed by atoms with Crippen molar-refractivity contribution in [3.63, 3.8) is 0 Å². The lowest BCUT2D eigenvalue weighted by Crippen LogP contribution is -2.38. The summed E-state index contributed by atoms with van der Waals surface area (Å²) >= 11 is 1.39. The van der Waals surface area contributed by atoms with E-state index in [1.165, 1.54) is 25.4 Å². The lowest BCUT2D eigenvalue weighted by molar-refractivity contribution is -0.147. The largest absolute Gasteiger partial charge is 0.469 e. The normalized spacial score (nSPS) is 19.7. The molecule has 1 aliphatic heterocycles. The van der Waals surface area contributed by atoms with Gasteiger partial charge in [0.2, 0.25) is 0 Å². The Hall–Kier alpha value is -2.16. The predicted octanol–water partition coefficient (Wildman–Crippen LogP) is 2.86. The number of aromatic nitrogens is 1. The molecule has 0 unspecified atom stereocenters. The zero-order valence-corrected chi connectivity index (χ0v) is 17.1. The van der Waals surface area contributed by atoms with Crippen LogP contribution in [-0.2, 0) is 30.2 Å². The van der Waals surface area contributed by atoms with E-state index in [9.17, 15) is 14.4 Å². The molecule has 1 aliphatic rings. The number of hydrogen-bond acceptors (Lipinski definition) is 8. The first-order valence-electron chi connectivity index (χ1n) is 8.79. The van der Waals surface area contributed by atoms with Crippen molar-refractivity contribution < 1.29 is 28.6 Å². The fourth-order valence-corrected chi connectivity index (χ4v) is 3.90. The van der Waals surface area contributed by atoms with Gasteiger partial charge in [-0.05, 0) is 27.2 Å². The molecule has 27 heavy (non-hydrogen) atoms. The lowest BCUT2D eigenvalue weighted by atomic mass is 10.2. The average Bonchev–Trinajstić information content (AvgIpc) is 3.16. The summed E-state index contributed by atoms with van der Waals surface area (Å²) in [5, 5.41) is 0.657. The van der Waals surface area contributed by atoms with Crippen LogP contribution in [0.3, 0.4) is 0 Å². The van der Waals surface area contributed by atoms with Gasteiger partial charge in [0, 0.05) is 31.0 Å². The monoisotopic (exact) mass is 398 g/mol. The van der Waals surface area contributed by atoms with Crippen LogP contribution in [0.5, 0.6) is 0 Å². The Morgan fingerprint density at radius 3 is 2.63 bits per heavy atom. The van der Waals surface area contributed by atoms with Crippen LogP contribution in [0.2, 0.25) is 0 Å². The minimum absolute atomic E-state index is 0.256.